The molecule has 1 N–H and O–H groups in total. The van der Waals surface area contributed by atoms with Gasteiger partial charge < -0.3 is 9.88 Å². The van der Waals surface area contributed by atoms with Crippen LogP contribution in [0.1, 0.15) is 10.4 Å². The summed E-state index contributed by atoms with van der Waals surface area (Å²) >= 11 is 6.90. The lowest BCUT2D eigenvalue weighted by atomic mass is 10.2. The van der Waals surface area contributed by atoms with Crippen molar-refractivity contribution in [1.29, 1.82) is 0 Å². The lowest BCUT2D eigenvalue weighted by Crippen LogP contribution is -2.25. The number of aromatic nitrogens is 1. The summed E-state index contributed by atoms with van der Waals surface area (Å²) in [6, 6.07) is 17.2. The molecule has 0 spiro atoms. The highest BCUT2D eigenvalue weighted by Crippen LogP contribution is 2.22. The number of para-hydroxylation sites is 1. The van der Waals surface area contributed by atoms with E-state index in [1.165, 1.54) is 0 Å². The molecule has 0 bridgehead atoms. The Morgan fingerprint density at radius 3 is 2.60 bits per heavy atom. The zero-order valence-electron chi connectivity index (χ0n) is 10.6. The van der Waals surface area contributed by atoms with Crippen LogP contribution in [0.5, 0.6) is 0 Å². The van der Waals surface area contributed by atoms with Gasteiger partial charge in [-0.25, -0.2) is 0 Å². The summed E-state index contributed by atoms with van der Waals surface area (Å²) in [6.45, 7) is 0.385. The number of benzene rings is 2. The Balaban J connectivity index is 1.83. The van der Waals surface area contributed by atoms with Crippen molar-refractivity contribution in [3.05, 3.63) is 64.1 Å². The lowest BCUT2D eigenvalue weighted by molar-refractivity contribution is 0.0943. The smallest absolute Gasteiger partial charge is 0.252 e. The van der Waals surface area contributed by atoms with E-state index in [1.807, 2.05) is 47.0 Å². The van der Waals surface area contributed by atoms with Crippen molar-refractivity contribution in [2.24, 2.45) is 0 Å². The van der Waals surface area contributed by atoms with E-state index in [9.17, 15) is 4.79 Å². The Morgan fingerprint density at radius 1 is 1.10 bits per heavy atom. The van der Waals surface area contributed by atoms with Crippen molar-refractivity contribution in [3.63, 3.8) is 0 Å². The second-order valence-electron chi connectivity index (χ2n) is 4.29. The van der Waals surface area contributed by atoms with Crippen LogP contribution >= 0.6 is 23.6 Å². The molecule has 1 heterocycles. The van der Waals surface area contributed by atoms with Gasteiger partial charge in [0, 0.05) is 5.56 Å². The first-order valence-electron chi connectivity index (χ1n) is 6.17. The van der Waals surface area contributed by atoms with E-state index in [0.29, 0.717) is 12.2 Å². The number of hydrogen-bond donors (Lipinski definition) is 1. The maximum atomic E-state index is 12.0. The average molecular weight is 300 g/mol. The molecule has 0 atom stereocenters. The number of hydrogen-bond acceptors (Lipinski definition) is 3. The predicted octanol–water partition coefficient (Wildman–Crippen LogP) is 3.82. The van der Waals surface area contributed by atoms with Crippen LogP contribution in [0.15, 0.2) is 54.6 Å². The van der Waals surface area contributed by atoms with Crippen LogP contribution in [0.25, 0.3) is 10.2 Å². The zero-order valence-corrected chi connectivity index (χ0v) is 12.2. The number of nitrogens with one attached hydrogen (secondary N) is 1. The summed E-state index contributed by atoms with van der Waals surface area (Å²) in [5, 5.41) is 2.90. The summed E-state index contributed by atoms with van der Waals surface area (Å²) < 4.78 is 3.84. The molecule has 0 saturated heterocycles. The monoisotopic (exact) mass is 300 g/mol. The van der Waals surface area contributed by atoms with Crippen molar-refractivity contribution in [3.8, 4) is 0 Å². The van der Waals surface area contributed by atoms with E-state index < -0.39 is 0 Å². The highest BCUT2D eigenvalue weighted by Gasteiger charge is 2.07. The number of thiazole rings is 1. The van der Waals surface area contributed by atoms with Crippen LogP contribution in [-0.2, 0) is 6.67 Å². The van der Waals surface area contributed by atoms with Crippen LogP contribution in [0, 0.1) is 3.95 Å². The molecule has 0 aliphatic rings. The van der Waals surface area contributed by atoms with Gasteiger partial charge in [0.2, 0.25) is 0 Å². The molecule has 1 amide bonds. The number of carbonyl (C=O) groups excluding carboxylic acids is 1. The Kier molecular flexibility index (Phi) is 3.62. The minimum absolute atomic E-state index is 0.0946. The number of carbonyl (C=O) groups is 1. The van der Waals surface area contributed by atoms with Gasteiger partial charge >= 0.3 is 0 Å². The molecule has 0 radical (unpaired) electrons. The number of fused-ring (bicyclic) bond motifs is 1. The fourth-order valence-electron chi connectivity index (χ4n) is 2.01. The Hall–Kier alpha value is -1.98. The maximum absolute atomic E-state index is 12.0. The Morgan fingerprint density at radius 2 is 1.80 bits per heavy atom. The SMILES string of the molecule is O=C(NCn1c(=S)sc2ccccc21)c1ccccc1. The summed E-state index contributed by atoms with van der Waals surface area (Å²) in [5.41, 5.74) is 1.70. The quantitative estimate of drug-likeness (QED) is 0.746. The minimum Gasteiger partial charge on any atom is -0.334 e. The molecule has 5 heteroatoms. The van der Waals surface area contributed by atoms with E-state index in [2.05, 4.69) is 5.32 Å². The normalized spacial score (nSPS) is 10.6. The highest BCUT2D eigenvalue weighted by atomic mass is 32.1. The first-order valence-corrected chi connectivity index (χ1v) is 7.40. The topological polar surface area (TPSA) is 34.0 Å². The van der Waals surface area contributed by atoms with Gasteiger partial charge in [-0.1, -0.05) is 30.3 Å². The van der Waals surface area contributed by atoms with E-state index in [4.69, 9.17) is 12.2 Å². The molecule has 0 saturated carbocycles. The predicted molar refractivity (Wildman–Crippen MR) is 84.6 cm³/mol. The second kappa shape index (κ2) is 5.56. The fourth-order valence-corrected chi connectivity index (χ4v) is 3.33. The molecule has 2 aromatic carbocycles. The van der Waals surface area contributed by atoms with Gasteiger partial charge in [-0.15, -0.1) is 11.3 Å². The molecule has 3 rings (SSSR count). The summed E-state index contributed by atoms with van der Waals surface area (Å²) in [6.07, 6.45) is 0. The third kappa shape index (κ3) is 2.50. The Labute approximate surface area is 125 Å². The van der Waals surface area contributed by atoms with E-state index >= 15 is 0 Å². The zero-order chi connectivity index (χ0) is 13.9. The van der Waals surface area contributed by atoms with Crippen molar-refractivity contribution >= 4 is 39.7 Å². The molecule has 20 heavy (non-hydrogen) atoms. The van der Waals surface area contributed by atoms with Gasteiger partial charge in [-0.3, -0.25) is 4.79 Å². The van der Waals surface area contributed by atoms with Gasteiger partial charge in [-0.2, -0.15) is 0 Å². The summed E-state index contributed by atoms with van der Waals surface area (Å²) in [5.74, 6) is -0.0946. The molecule has 3 nitrogen and oxygen atoms in total. The first-order chi connectivity index (χ1) is 9.75. The molecule has 3 aromatic rings. The van der Waals surface area contributed by atoms with Gasteiger partial charge in [0.25, 0.3) is 5.91 Å². The number of amides is 1. The minimum atomic E-state index is -0.0946. The van der Waals surface area contributed by atoms with Crippen LogP contribution in [0.2, 0.25) is 0 Å². The molecule has 0 unspecified atom stereocenters. The van der Waals surface area contributed by atoms with Gasteiger partial charge in [0.05, 0.1) is 16.9 Å². The second-order valence-corrected chi connectivity index (χ2v) is 5.97. The Bertz CT molecular complexity index is 805. The van der Waals surface area contributed by atoms with Crippen LogP contribution in [-0.4, -0.2) is 10.5 Å². The lowest BCUT2D eigenvalue weighted by Gasteiger charge is -2.07. The molecule has 0 aliphatic carbocycles. The fraction of sp³-hybridized carbons (Fsp3) is 0.0667. The third-order valence-corrected chi connectivity index (χ3v) is 4.44. The molecule has 100 valence electrons. The average Bonchev–Trinajstić information content (AvgIpc) is 2.81. The van der Waals surface area contributed by atoms with E-state index in [1.54, 1.807) is 23.5 Å². The van der Waals surface area contributed by atoms with E-state index in [0.717, 1.165) is 14.2 Å². The molecular weight excluding hydrogens is 288 g/mol. The summed E-state index contributed by atoms with van der Waals surface area (Å²) in [4.78, 5) is 12.0. The van der Waals surface area contributed by atoms with Crippen LogP contribution in [0.3, 0.4) is 0 Å². The molecule has 1 aromatic heterocycles. The van der Waals surface area contributed by atoms with Crippen molar-refractivity contribution in [2.75, 3.05) is 0 Å². The van der Waals surface area contributed by atoms with E-state index in [-0.39, 0.29) is 5.91 Å². The van der Waals surface area contributed by atoms with Crippen molar-refractivity contribution in [1.82, 2.24) is 9.88 Å². The number of nitrogens with zero attached hydrogens (tertiary/aromatic N) is 1. The van der Waals surface area contributed by atoms with Crippen molar-refractivity contribution < 1.29 is 4.79 Å². The largest absolute Gasteiger partial charge is 0.334 e. The van der Waals surface area contributed by atoms with Crippen LogP contribution in [0.4, 0.5) is 0 Å². The first kappa shape index (κ1) is 13.0. The van der Waals surface area contributed by atoms with Crippen molar-refractivity contribution in [2.45, 2.75) is 6.67 Å². The molecular formula is C15H12N2OS2. The van der Waals surface area contributed by atoms with Gasteiger partial charge in [0.1, 0.15) is 0 Å². The van der Waals surface area contributed by atoms with Gasteiger partial charge in [0.15, 0.2) is 3.95 Å². The van der Waals surface area contributed by atoms with Crippen LogP contribution < -0.4 is 5.32 Å². The number of rotatable bonds is 3. The van der Waals surface area contributed by atoms with Gasteiger partial charge in [-0.05, 0) is 36.5 Å². The maximum Gasteiger partial charge on any atom is 0.252 e. The summed E-state index contributed by atoms with van der Waals surface area (Å²) in [7, 11) is 0. The molecule has 0 aliphatic heterocycles. The molecule has 0 fully saturated rings. The third-order valence-electron chi connectivity index (χ3n) is 3.01. The highest BCUT2D eigenvalue weighted by molar-refractivity contribution is 7.73. The standard InChI is InChI=1S/C15H12N2OS2/c18-14(11-6-2-1-3-7-11)16-10-17-12-8-4-5-9-13(12)20-15(17)19/h1-9H,10H2,(H,16,18).